The van der Waals surface area contributed by atoms with Crippen LogP contribution < -0.4 is 5.73 Å². The topological polar surface area (TPSA) is 46.2 Å². The molecule has 0 aromatic rings. The molecule has 0 saturated heterocycles. The van der Waals surface area contributed by atoms with Crippen LogP contribution >= 0.6 is 0 Å². The van der Waals surface area contributed by atoms with Crippen molar-refractivity contribution in [2.45, 2.75) is 58.5 Å². The van der Waals surface area contributed by atoms with Gasteiger partial charge in [-0.1, -0.05) is 27.2 Å². The highest BCUT2D eigenvalue weighted by Gasteiger charge is 2.46. The third-order valence-electron chi connectivity index (χ3n) is 5.22. The van der Waals surface area contributed by atoms with Crippen LogP contribution in [-0.4, -0.2) is 17.3 Å². The van der Waals surface area contributed by atoms with Crippen molar-refractivity contribution < 1.29 is 5.11 Å². The van der Waals surface area contributed by atoms with E-state index in [1.165, 1.54) is 25.7 Å². The van der Waals surface area contributed by atoms with Crippen LogP contribution in [0.1, 0.15) is 52.9 Å². The molecule has 0 heterocycles. The molecule has 2 fully saturated rings. The van der Waals surface area contributed by atoms with E-state index in [4.69, 9.17) is 5.73 Å². The van der Waals surface area contributed by atoms with Crippen LogP contribution in [0.15, 0.2) is 0 Å². The van der Waals surface area contributed by atoms with E-state index in [1.54, 1.807) is 0 Å². The summed E-state index contributed by atoms with van der Waals surface area (Å²) < 4.78 is 0. The van der Waals surface area contributed by atoms with Crippen molar-refractivity contribution in [1.82, 2.24) is 0 Å². The first kappa shape index (κ1) is 12.4. The van der Waals surface area contributed by atoms with Crippen molar-refractivity contribution in [1.29, 1.82) is 0 Å². The molecule has 94 valence electrons. The summed E-state index contributed by atoms with van der Waals surface area (Å²) in [5.74, 6) is 2.56. The third kappa shape index (κ3) is 2.02. The molecule has 2 nitrogen and oxygen atoms in total. The molecule has 0 aromatic heterocycles. The summed E-state index contributed by atoms with van der Waals surface area (Å²) in [6.07, 6.45) is 6.48. The van der Waals surface area contributed by atoms with Crippen molar-refractivity contribution in [3.63, 3.8) is 0 Å². The van der Waals surface area contributed by atoms with Gasteiger partial charge in [0.05, 0.1) is 5.60 Å². The van der Waals surface area contributed by atoms with E-state index < -0.39 is 5.60 Å². The number of hydrogen-bond acceptors (Lipinski definition) is 2. The van der Waals surface area contributed by atoms with Crippen molar-refractivity contribution >= 4 is 0 Å². The molecule has 2 heteroatoms. The fourth-order valence-electron chi connectivity index (χ4n) is 3.76. The zero-order valence-corrected chi connectivity index (χ0v) is 11.0. The van der Waals surface area contributed by atoms with E-state index >= 15 is 0 Å². The molecular weight excluding hydrogens is 198 g/mol. The summed E-state index contributed by atoms with van der Waals surface area (Å²) in [4.78, 5) is 0. The first-order valence-corrected chi connectivity index (χ1v) is 6.78. The van der Waals surface area contributed by atoms with E-state index in [9.17, 15) is 5.11 Å². The minimum absolute atomic E-state index is 0.108. The van der Waals surface area contributed by atoms with Gasteiger partial charge >= 0.3 is 0 Å². The van der Waals surface area contributed by atoms with Gasteiger partial charge in [0.25, 0.3) is 0 Å². The Balaban J connectivity index is 2.02. The van der Waals surface area contributed by atoms with E-state index in [0.717, 1.165) is 24.2 Å². The van der Waals surface area contributed by atoms with Gasteiger partial charge in [0.2, 0.25) is 0 Å². The molecule has 2 aliphatic carbocycles. The van der Waals surface area contributed by atoms with Gasteiger partial charge in [-0.05, 0) is 48.9 Å². The first-order chi connectivity index (χ1) is 7.36. The predicted octanol–water partition coefficient (Wildman–Crippen LogP) is 2.55. The molecular formula is C14H27NO. The summed E-state index contributed by atoms with van der Waals surface area (Å²) >= 11 is 0. The zero-order chi connectivity index (χ0) is 12.0. The van der Waals surface area contributed by atoms with Crippen molar-refractivity contribution in [2.24, 2.45) is 28.9 Å². The Morgan fingerprint density at radius 2 is 1.88 bits per heavy atom. The maximum atomic E-state index is 10.7. The average molecular weight is 225 g/mol. The van der Waals surface area contributed by atoms with Crippen LogP contribution in [0.2, 0.25) is 0 Å². The highest BCUT2D eigenvalue weighted by Crippen LogP contribution is 2.52. The van der Waals surface area contributed by atoms with Crippen LogP contribution in [0, 0.1) is 23.2 Å². The monoisotopic (exact) mass is 225 g/mol. The predicted molar refractivity (Wildman–Crippen MR) is 67.0 cm³/mol. The number of fused-ring (bicyclic) bond motifs is 2. The first-order valence-electron chi connectivity index (χ1n) is 6.78. The lowest BCUT2D eigenvalue weighted by Crippen LogP contribution is -2.50. The lowest BCUT2D eigenvalue weighted by atomic mass is 9.69. The molecule has 4 atom stereocenters. The van der Waals surface area contributed by atoms with Gasteiger partial charge in [0, 0.05) is 6.54 Å². The van der Waals surface area contributed by atoms with Crippen LogP contribution in [0.3, 0.4) is 0 Å². The van der Waals surface area contributed by atoms with Gasteiger partial charge in [-0.25, -0.2) is 0 Å². The molecule has 4 unspecified atom stereocenters. The third-order valence-corrected chi connectivity index (χ3v) is 5.22. The number of rotatable bonds is 3. The van der Waals surface area contributed by atoms with Gasteiger partial charge in [0.15, 0.2) is 0 Å². The Morgan fingerprint density at radius 3 is 2.25 bits per heavy atom. The maximum absolute atomic E-state index is 10.7. The molecule has 2 rings (SSSR count). The van der Waals surface area contributed by atoms with Crippen LogP contribution in [-0.2, 0) is 0 Å². The fourth-order valence-corrected chi connectivity index (χ4v) is 3.76. The van der Waals surface area contributed by atoms with Crippen molar-refractivity contribution in [2.75, 3.05) is 6.54 Å². The Hall–Kier alpha value is -0.0800. The Bertz CT molecular complexity index is 258. The highest BCUT2D eigenvalue weighted by atomic mass is 16.3. The van der Waals surface area contributed by atoms with Gasteiger partial charge < -0.3 is 10.8 Å². The summed E-state index contributed by atoms with van der Waals surface area (Å²) in [5, 5.41) is 10.7. The summed E-state index contributed by atoms with van der Waals surface area (Å²) in [5.41, 5.74) is 5.03. The molecule has 2 aliphatic rings. The number of hydrogen-bond donors (Lipinski definition) is 2. The highest BCUT2D eigenvalue weighted by molar-refractivity contribution is 4.98. The molecule has 0 amide bonds. The Labute approximate surface area is 99.6 Å². The second kappa shape index (κ2) is 3.99. The Kier molecular flexibility index (Phi) is 3.09. The fraction of sp³-hybridized carbons (Fsp3) is 1.00. The molecule has 2 bridgehead atoms. The minimum Gasteiger partial charge on any atom is -0.388 e. The molecule has 0 spiro atoms. The maximum Gasteiger partial charge on any atom is 0.0820 e. The SMILES string of the molecule is CC(C)(C)C(O)(CN)CC1CC2CCC1C2. The van der Waals surface area contributed by atoms with Crippen LogP contribution in [0.25, 0.3) is 0 Å². The molecule has 2 saturated carbocycles. The quantitative estimate of drug-likeness (QED) is 0.775. The second-order valence-electron chi connectivity index (χ2n) is 7.12. The van der Waals surface area contributed by atoms with Crippen LogP contribution in [0.4, 0.5) is 0 Å². The number of nitrogens with two attached hydrogens (primary N) is 1. The van der Waals surface area contributed by atoms with E-state index in [0.29, 0.717) is 6.54 Å². The van der Waals surface area contributed by atoms with Gasteiger partial charge in [-0.15, -0.1) is 0 Å². The standard InChI is InChI=1S/C14H27NO/c1-13(2,3)14(16,9-15)8-12-7-10-4-5-11(12)6-10/h10-12,16H,4-9,15H2,1-3H3. The second-order valence-corrected chi connectivity index (χ2v) is 7.12. The average Bonchev–Trinajstić information content (AvgIpc) is 2.77. The van der Waals surface area contributed by atoms with Crippen LogP contribution in [0.5, 0.6) is 0 Å². The van der Waals surface area contributed by atoms with Crippen molar-refractivity contribution in [3.8, 4) is 0 Å². The van der Waals surface area contributed by atoms with Crippen molar-refractivity contribution in [3.05, 3.63) is 0 Å². The Morgan fingerprint density at radius 1 is 1.19 bits per heavy atom. The molecule has 16 heavy (non-hydrogen) atoms. The van der Waals surface area contributed by atoms with E-state index in [-0.39, 0.29) is 5.41 Å². The summed E-state index contributed by atoms with van der Waals surface area (Å²) in [6.45, 7) is 6.71. The molecule has 0 aromatic carbocycles. The van der Waals surface area contributed by atoms with E-state index in [2.05, 4.69) is 20.8 Å². The lowest BCUT2D eigenvalue weighted by molar-refractivity contribution is -0.0724. The smallest absolute Gasteiger partial charge is 0.0820 e. The van der Waals surface area contributed by atoms with E-state index in [1.807, 2.05) is 0 Å². The number of aliphatic hydroxyl groups is 1. The molecule has 0 radical (unpaired) electrons. The molecule has 3 N–H and O–H groups in total. The summed E-state index contributed by atoms with van der Waals surface area (Å²) in [6, 6.07) is 0. The van der Waals surface area contributed by atoms with Gasteiger partial charge in [-0.2, -0.15) is 0 Å². The normalized spacial score (nSPS) is 37.7. The van der Waals surface area contributed by atoms with Gasteiger partial charge in [-0.3, -0.25) is 0 Å². The largest absolute Gasteiger partial charge is 0.388 e. The molecule has 0 aliphatic heterocycles. The summed E-state index contributed by atoms with van der Waals surface area (Å²) in [7, 11) is 0. The zero-order valence-electron chi connectivity index (χ0n) is 11.0. The van der Waals surface area contributed by atoms with Gasteiger partial charge in [0.1, 0.15) is 0 Å². The lowest BCUT2D eigenvalue weighted by Gasteiger charge is -2.42. The minimum atomic E-state index is -0.678.